The third kappa shape index (κ3) is 3.25. The normalized spacial score (nSPS) is 9.69. The molecule has 0 aliphatic rings. The van der Waals surface area contributed by atoms with E-state index in [0.717, 1.165) is 5.92 Å². The summed E-state index contributed by atoms with van der Waals surface area (Å²) < 4.78 is 2.22. The molecule has 1 rings (SSSR count). The van der Waals surface area contributed by atoms with Gasteiger partial charge in [-0.15, -0.1) is 0 Å². The SMILES string of the molecule is CC.CCC(CC)c1cccn1C. The van der Waals surface area contributed by atoms with Gasteiger partial charge < -0.3 is 4.57 Å². The van der Waals surface area contributed by atoms with Gasteiger partial charge in [0.25, 0.3) is 0 Å². The Bertz CT molecular complexity index is 209. The van der Waals surface area contributed by atoms with Crippen LogP contribution in [0.15, 0.2) is 18.3 Å². The van der Waals surface area contributed by atoms with Gasteiger partial charge in [-0.3, -0.25) is 0 Å². The van der Waals surface area contributed by atoms with Gasteiger partial charge in [0.05, 0.1) is 0 Å². The Morgan fingerprint density at radius 1 is 1.23 bits per heavy atom. The van der Waals surface area contributed by atoms with E-state index in [1.165, 1.54) is 18.5 Å². The predicted octanol–water partition coefficient (Wildman–Crippen LogP) is 3.95. The number of rotatable bonds is 3. The highest BCUT2D eigenvalue weighted by Gasteiger charge is 2.08. The van der Waals surface area contributed by atoms with Crippen LogP contribution in [-0.2, 0) is 7.05 Å². The van der Waals surface area contributed by atoms with Crippen molar-refractivity contribution < 1.29 is 0 Å². The zero-order valence-corrected chi connectivity index (χ0v) is 9.67. The third-order valence-electron chi connectivity index (χ3n) is 2.39. The maximum absolute atomic E-state index is 2.25. The molecular weight excluding hydrogens is 158 g/mol. The monoisotopic (exact) mass is 181 g/mol. The summed E-state index contributed by atoms with van der Waals surface area (Å²) in [6.07, 6.45) is 4.61. The summed E-state index contributed by atoms with van der Waals surface area (Å²) in [5.41, 5.74) is 1.47. The van der Waals surface area contributed by atoms with Gasteiger partial charge in [-0.05, 0) is 30.9 Å². The van der Waals surface area contributed by atoms with Crippen molar-refractivity contribution in [3.63, 3.8) is 0 Å². The zero-order chi connectivity index (χ0) is 10.3. The van der Waals surface area contributed by atoms with Crippen molar-refractivity contribution in [3.05, 3.63) is 24.0 Å². The van der Waals surface area contributed by atoms with E-state index in [1.807, 2.05) is 13.8 Å². The summed E-state index contributed by atoms with van der Waals surface area (Å²) in [5, 5.41) is 0. The van der Waals surface area contributed by atoms with Crippen molar-refractivity contribution in [2.75, 3.05) is 0 Å². The van der Waals surface area contributed by atoms with Gasteiger partial charge in [-0.25, -0.2) is 0 Å². The van der Waals surface area contributed by atoms with Gasteiger partial charge in [-0.2, -0.15) is 0 Å². The second-order valence-electron chi connectivity index (χ2n) is 3.06. The third-order valence-corrected chi connectivity index (χ3v) is 2.39. The fraction of sp³-hybridized carbons (Fsp3) is 0.667. The Labute approximate surface area is 82.8 Å². The molecular formula is C12H23N. The van der Waals surface area contributed by atoms with Crippen LogP contribution < -0.4 is 0 Å². The highest BCUT2D eigenvalue weighted by atomic mass is 14.9. The lowest BCUT2D eigenvalue weighted by atomic mass is 10.00. The van der Waals surface area contributed by atoms with Gasteiger partial charge >= 0.3 is 0 Å². The molecule has 1 nitrogen and oxygen atoms in total. The summed E-state index contributed by atoms with van der Waals surface area (Å²) in [4.78, 5) is 0. The first kappa shape index (κ1) is 12.3. The van der Waals surface area contributed by atoms with Crippen LogP contribution in [0.3, 0.4) is 0 Å². The van der Waals surface area contributed by atoms with Crippen LogP contribution in [0.4, 0.5) is 0 Å². The highest BCUT2D eigenvalue weighted by Crippen LogP contribution is 2.22. The Morgan fingerprint density at radius 3 is 2.08 bits per heavy atom. The first-order valence-electron chi connectivity index (χ1n) is 5.40. The molecule has 0 spiro atoms. The standard InChI is InChI=1S/C10H17N.C2H6/c1-4-9(5-2)10-7-6-8-11(10)3;1-2/h6-9H,4-5H2,1-3H3;1-2H3. The second-order valence-corrected chi connectivity index (χ2v) is 3.06. The average molecular weight is 181 g/mol. The van der Waals surface area contributed by atoms with Gasteiger partial charge in [0.2, 0.25) is 0 Å². The lowest BCUT2D eigenvalue weighted by Gasteiger charge is -2.12. The summed E-state index contributed by atoms with van der Waals surface area (Å²) in [6.45, 7) is 8.50. The summed E-state index contributed by atoms with van der Waals surface area (Å²) in [7, 11) is 2.12. The quantitative estimate of drug-likeness (QED) is 0.665. The first-order chi connectivity index (χ1) is 6.29. The maximum Gasteiger partial charge on any atom is 0.0202 e. The molecule has 0 saturated carbocycles. The number of aromatic nitrogens is 1. The molecule has 0 N–H and O–H groups in total. The van der Waals surface area contributed by atoms with Gasteiger partial charge in [0.1, 0.15) is 0 Å². The topological polar surface area (TPSA) is 4.93 Å². The molecule has 0 saturated heterocycles. The van der Waals surface area contributed by atoms with Crippen molar-refractivity contribution in [1.29, 1.82) is 0 Å². The van der Waals surface area contributed by atoms with E-state index >= 15 is 0 Å². The van der Waals surface area contributed by atoms with E-state index in [2.05, 4.69) is 43.8 Å². The van der Waals surface area contributed by atoms with E-state index < -0.39 is 0 Å². The van der Waals surface area contributed by atoms with Crippen LogP contribution in [0.1, 0.15) is 52.1 Å². The number of hydrogen-bond acceptors (Lipinski definition) is 0. The van der Waals surface area contributed by atoms with Crippen LogP contribution >= 0.6 is 0 Å². The Balaban J connectivity index is 0.000000671. The van der Waals surface area contributed by atoms with Crippen LogP contribution in [0.25, 0.3) is 0 Å². The van der Waals surface area contributed by atoms with Gasteiger partial charge in [-0.1, -0.05) is 27.7 Å². The number of aryl methyl sites for hydroxylation is 1. The maximum atomic E-state index is 2.25. The lowest BCUT2D eigenvalue weighted by molar-refractivity contribution is 0.597. The van der Waals surface area contributed by atoms with E-state index in [-0.39, 0.29) is 0 Å². The van der Waals surface area contributed by atoms with Crippen molar-refractivity contribution in [2.45, 2.75) is 46.5 Å². The Morgan fingerprint density at radius 2 is 1.77 bits per heavy atom. The molecule has 0 aliphatic carbocycles. The van der Waals surface area contributed by atoms with Crippen LogP contribution in [0.2, 0.25) is 0 Å². The molecule has 13 heavy (non-hydrogen) atoms. The van der Waals surface area contributed by atoms with Crippen molar-refractivity contribution in [3.8, 4) is 0 Å². The Hall–Kier alpha value is -0.720. The van der Waals surface area contributed by atoms with Crippen molar-refractivity contribution >= 4 is 0 Å². The number of hydrogen-bond donors (Lipinski definition) is 0. The smallest absolute Gasteiger partial charge is 0.0202 e. The minimum Gasteiger partial charge on any atom is -0.354 e. The summed E-state index contributed by atoms with van der Waals surface area (Å²) >= 11 is 0. The molecule has 0 aromatic carbocycles. The van der Waals surface area contributed by atoms with E-state index in [4.69, 9.17) is 0 Å². The van der Waals surface area contributed by atoms with Crippen LogP contribution in [-0.4, -0.2) is 4.57 Å². The molecule has 76 valence electrons. The predicted molar refractivity (Wildman–Crippen MR) is 60.1 cm³/mol. The van der Waals surface area contributed by atoms with Crippen LogP contribution in [0, 0.1) is 0 Å². The number of nitrogens with zero attached hydrogens (tertiary/aromatic N) is 1. The molecule has 1 aromatic rings. The molecule has 1 heterocycles. The largest absolute Gasteiger partial charge is 0.354 e. The molecule has 1 aromatic heterocycles. The molecule has 0 bridgehead atoms. The zero-order valence-electron chi connectivity index (χ0n) is 9.67. The van der Waals surface area contributed by atoms with E-state index in [1.54, 1.807) is 0 Å². The molecule has 0 aliphatic heterocycles. The fourth-order valence-electron chi connectivity index (χ4n) is 1.61. The summed E-state index contributed by atoms with van der Waals surface area (Å²) in [5.74, 6) is 0.745. The first-order valence-corrected chi connectivity index (χ1v) is 5.40. The van der Waals surface area contributed by atoms with Crippen molar-refractivity contribution in [2.24, 2.45) is 7.05 Å². The van der Waals surface area contributed by atoms with Gasteiger partial charge in [0, 0.05) is 18.9 Å². The molecule has 0 unspecified atom stereocenters. The molecule has 0 radical (unpaired) electrons. The fourth-order valence-corrected chi connectivity index (χ4v) is 1.61. The van der Waals surface area contributed by atoms with Gasteiger partial charge in [0.15, 0.2) is 0 Å². The molecule has 1 heteroatoms. The van der Waals surface area contributed by atoms with Crippen LogP contribution in [0.5, 0.6) is 0 Å². The molecule has 0 atom stereocenters. The highest BCUT2D eigenvalue weighted by molar-refractivity contribution is 5.11. The molecule has 0 amide bonds. The lowest BCUT2D eigenvalue weighted by Crippen LogP contribution is -2.01. The minimum absolute atomic E-state index is 0.745. The summed E-state index contributed by atoms with van der Waals surface area (Å²) in [6, 6.07) is 4.34. The second kappa shape index (κ2) is 6.76. The molecule has 0 fully saturated rings. The van der Waals surface area contributed by atoms with E-state index in [9.17, 15) is 0 Å². The average Bonchev–Trinajstić information content (AvgIpc) is 2.58. The van der Waals surface area contributed by atoms with E-state index in [0.29, 0.717) is 0 Å². The minimum atomic E-state index is 0.745. The van der Waals surface area contributed by atoms with Crippen molar-refractivity contribution in [1.82, 2.24) is 4.57 Å². The Kier molecular flexibility index (Phi) is 6.38.